The zero-order chi connectivity index (χ0) is 22.1. The molecule has 1 aliphatic heterocycles. The van der Waals surface area contributed by atoms with Crippen molar-refractivity contribution in [3.05, 3.63) is 72.7 Å². The van der Waals surface area contributed by atoms with Crippen LogP contribution >= 0.6 is 0 Å². The molecular weight excluding hydrogens is 402 g/mol. The molecule has 0 unspecified atom stereocenters. The normalized spacial score (nSPS) is 14.0. The van der Waals surface area contributed by atoms with Crippen molar-refractivity contribution in [3.8, 4) is 22.5 Å². The fourth-order valence-electron chi connectivity index (χ4n) is 3.91. The van der Waals surface area contributed by atoms with Crippen molar-refractivity contribution in [3.63, 3.8) is 0 Å². The third-order valence-corrected chi connectivity index (χ3v) is 5.80. The van der Waals surface area contributed by atoms with Crippen molar-refractivity contribution in [2.75, 3.05) is 45.3 Å². The highest BCUT2D eigenvalue weighted by atomic mass is 16.5. The van der Waals surface area contributed by atoms with E-state index in [9.17, 15) is 4.79 Å². The van der Waals surface area contributed by atoms with Gasteiger partial charge in [-0.2, -0.15) is 0 Å². The van der Waals surface area contributed by atoms with Gasteiger partial charge in [0.05, 0.1) is 37.0 Å². The molecule has 3 heterocycles. The standard InChI is InChI=1S/C25H25N5O2/c1-28(2)21-9-7-19(8-10-21)23-15-27-24-16-26-22(17-30(23)24)18-3-5-20(6-4-18)25(31)29-11-13-32-14-12-29/h3-10,15-17H,11-14H2,1-2H3. The smallest absolute Gasteiger partial charge is 0.254 e. The van der Waals surface area contributed by atoms with E-state index >= 15 is 0 Å². The molecule has 0 spiro atoms. The van der Waals surface area contributed by atoms with Crippen LogP contribution in [0.5, 0.6) is 0 Å². The number of morpholine rings is 1. The lowest BCUT2D eigenvalue weighted by Crippen LogP contribution is -2.40. The second-order valence-corrected chi connectivity index (χ2v) is 8.07. The lowest BCUT2D eigenvalue weighted by Gasteiger charge is -2.26. The van der Waals surface area contributed by atoms with Crippen LogP contribution < -0.4 is 4.90 Å². The first kappa shape index (κ1) is 20.2. The van der Waals surface area contributed by atoms with Crippen LogP contribution in [0.1, 0.15) is 10.4 Å². The minimum atomic E-state index is 0.0429. The third kappa shape index (κ3) is 3.83. The summed E-state index contributed by atoms with van der Waals surface area (Å²) in [6, 6.07) is 16.0. The zero-order valence-electron chi connectivity index (χ0n) is 18.2. The van der Waals surface area contributed by atoms with E-state index in [4.69, 9.17) is 4.74 Å². The van der Waals surface area contributed by atoms with Gasteiger partial charge in [0.15, 0.2) is 5.65 Å². The molecule has 5 rings (SSSR count). The number of ether oxygens (including phenoxy) is 1. The molecule has 1 amide bonds. The van der Waals surface area contributed by atoms with Gasteiger partial charge >= 0.3 is 0 Å². The van der Waals surface area contributed by atoms with Crippen LogP contribution in [0.15, 0.2) is 67.1 Å². The van der Waals surface area contributed by atoms with Crippen molar-refractivity contribution in [2.45, 2.75) is 0 Å². The Balaban J connectivity index is 1.43. The maximum Gasteiger partial charge on any atom is 0.254 e. The van der Waals surface area contributed by atoms with Crippen molar-refractivity contribution in [1.29, 1.82) is 0 Å². The molecule has 7 nitrogen and oxygen atoms in total. The van der Waals surface area contributed by atoms with Crippen LogP contribution in [0.25, 0.3) is 28.2 Å². The third-order valence-electron chi connectivity index (χ3n) is 5.80. The van der Waals surface area contributed by atoms with Gasteiger partial charge in [0.1, 0.15) is 0 Å². The van der Waals surface area contributed by atoms with Gasteiger partial charge in [0.2, 0.25) is 0 Å². The number of amides is 1. The number of imidazole rings is 1. The Morgan fingerprint density at radius 1 is 0.906 bits per heavy atom. The largest absolute Gasteiger partial charge is 0.378 e. The van der Waals surface area contributed by atoms with Gasteiger partial charge in [-0.1, -0.05) is 24.3 Å². The number of hydrogen-bond donors (Lipinski definition) is 0. The quantitative estimate of drug-likeness (QED) is 0.498. The number of benzene rings is 2. The summed E-state index contributed by atoms with van der Waals surface area (Å²) in [6.07, 6.45) is 5.64. The average Bonchev–Trinajstić information content (AvgIpc) is 3.27. The van der Waals surface area contributed by atoms with E-state index in [-0.39, 0.29) is 5.91 Å². The van der Waals surface area contributed by atoms with Gasteiger partial charge in [-0.15, -0.1) is 0 Å². The molecule has 2 aromatic carbocycles. The summed E-state index contributed by atoms with van der Waals surface area (Å²) < 4.78 is 7.39. The Morgan fingerprint density at radius 2 is 1.59 bits per heavy atom. The monoisotopic (exact) mass is 427 g/mol. The van der Waals surface area contributed by atoms with E-state index in [0.717, 1.165) is 33.8 Å². The zero-order valence-corrected chi connectivity index (χ0v) is 18.2. The van der Waals surface area contributed by atoms with Gasteiger partial charge in [-0.25, -0.2) is 4.98 Å². The summed E-state index contributed by atoms with van der Waals surface area (Å²) in [4.78, 5) is 25.7. The molecule has 7 heteroatoms. The molecule has 0 saturated carbocycles. The maximum absolute atomic E-state index is 12.7. The molecule has 0 bridgehead atoms. The first-order chi connectivity index (χ1) is 15.6. The molecule has 1 saturated heterocycles. The highest BCUT2D eigenvalue weighted by Gasteiger charge is 2.18. The Morgan fingerprint density at radius 3 is 2.28 bits per heavy atom. The van der Waals surface area contributed by atoms with Gasteiger partial charge in [-0.05, 0) is 24.3 Å². The summed E-state index contributed by atoms with van der Waals surface area (Å²) in [6.45, 7) is 2.47. The summed E-state index contributed by atoms with van der Waals surface area (Å²) in [5.41, 5.74) is 6.50. The van der Waals surface area contributed by atoms with E-state index < -0.39 is 0 Å². The molecule has 4 aromatic rings. The molecule has 1 fully saturated rings. The number of hydrogen-bond acceptors (Lipinski definition) is 5. The van der Waals surface area contributed by atoms with E-state index in [1.165, 1.54) is 0 Å². The van der Waals surface area contributed by atoms with Crippen LogP contribution in [-0.2, 0) is 4.74 Å². The number of carbonyl (C=O) groups is 1. The summed E-state index contributed by atoms with van der Waals surface area (Å²) >= 11 is 0. The molecule has 32 heavy (non-hydrogen) atoms. The van der Waals surface area contributed by atoms with Crippen LogP contribution in [0, 0.1) is 0 Å². The number of carbonyl (C=O) groups excluding carboxylic acids is 1. The summed E-state index contributed by atoms with van der Waals surface area (Å²) in [5, 5.41) is 0. The average molecular weight is 428 g/mol. The number of rotatable bonds is 4. The van der Waals surface area contributed by atoms with E-state index in [0.29, 0.717) is 31.9 Å². The maximum atomic E-state index is 12.7. The molecule has 162 valence electrons. The van der Waals surface area contributed by atoms with E-state index in [2.05, 4.69) is 43.5 Å². The van der Waals surface area contributed by atoms with Crippen LogP contribution in [0.4, 0.5) is 5.69 Å². The minimum absolute atomic E-state index is 0.0429. The Labute approximate surface area is 186 Å². The number of fused-ring (bicyclic) bond motifs is 1. The van der Waals surface area contributed by atoms with Gasteiger partial charge in [0, 0.05) is 55.8 Å². The number of nitrogens with zero attached hydrogens (tertiary/aromatic N) is 5. The van der Waals surface area contributed by atoms with Crippen LogP contribution in [0.2, 0.25) is 0 Å². The molecule has 0 radical (unpaired) electrons. The van der Waals surface area contributed by atoms with E-state index in [1.807, 2.05) is 55.7 Å². The summed E-state index contributed by atoms with van der Waals surface area (Å²) in [5.74, 6) is 0.0429. The molecule has 0 atom stereocenters. The molecule has 0 N–H and O–H groups in total. The minimum Gasteiger partial charge on any atom is -0.378 e. The second kappa shape index (κ2) is 8.43. The van der Waals surface area contributed by atoms with Gasteiger partial charge < -0.3 is 14.5 Å². The van der Waals surface area contributed by atoms with Crippen molar-refractivity contribution >= 4 is 17.2 Å². The fourth-order valence-corrected chi connectivity index (χ4v) is 3.91. The molecular formula is C25H25N5O2. The molecule has 0 aliphatic carbocycles. The SMILES string of the molecule is CN(C)c1ccc(-c2cnc3cnc(-c4ccc(C(=O)N5CCOCC5)cc4)cn23)cc1. The summed E-state index contributed by atoms with van der Waals surface area (Å²) in [7, 11) is 4.06. The highest BCUT2D eigenvalue weighted by Crippen LogP contribution is 2.26. The van der Waals surface area contributed by atoms with Crippen molar-refractivity contribution < 1.29 is 9.53 Å². The lowest BCUT2D eigenvalue weighted by atomic mass is 10.1. The topological polar surface area (TPSA) is 63.0 Å². The highest BCUT2D eigenvalue weighted by molar-refractivity contribution is 5.94. The molecule has 1 aliphatic rings. The Bertz CT molecular complexity index is 1240. The number of aromatic nitrogens is 3. The van der Waals surface area contributed by atoms with Crippen LogP contribution in [-0.4, -0.2) is 65.6 Å². The second-order valence-electron chi connectivity index (χ2n) is 8.07. The van der Waals surface area contributed by atoms with Gasteiger partial charge in [-0.3, -0.25) is 14.2 Å². The first-order valence-corrected chi connectivity index (χ1v) is 10.7. The Hall–Kier alpha value is -3.71. The number of anilines is 1. The first-order valence-electron chi connectivity index (χ1n) is 10.7. The van der Waals surface area contributed by atoms with E-state index in [1.54, 1.807) is 6.20 Å². The Kier molecular flexibility index (Phi) is 5.33. The van der Waals surface area contributed by atoms with Crippen LogP contribution in [0.3, 0.4) is 0 Å². The lowest BCUT2D eigenvalue weighted by molar-refractivity contribution is 0.0303. The van der Waals surface area contributed by atoms with Crippen molar-refractivity contribution in [2.24, 2.45) is 0 Å². The predicted octanol–water partition coefficient (Wildman–Crippen LogP) is 3.60. The molecule has 2 aromatic heterocycles. The fraction of sp³-hybridized carbons (Fsp3) is 0.240. The van der Waals surface area contributed by atoms with Crippen molar-refractivity contribution in [1.82, 2.24) is 19.3 Å². The van der Waals surface area contributed by atoms with Gasteiger partial charge in [0.25, 0.3) is 5.91 Å². The predicted molar refractivity (Wildman–Crippen MR) is 125 cm³/mol.